The van der Waals surface area contributed by atoms with Crippen molar-refractivity contribution in [2.45, 2.75) is 52.6 Å². The Labute approximate surface area is 173 Å². The zero-order valence-corrected chi connectivity index (χ0v) is 17.7. The van der Waals surface area contributed by atoms with Gasteiger partial charge in [0.15, 0.2) is 0 Å². The number of carbonyl (C=O) groups is 1. The summed E-state index contributed by atoms with van der Waals surface area (Å²) in [5.41, 5.74) is 3.59. The van der Waals surface area contributed by atoms with E-state index in [1.807, 2.05) is 49.1 Å². The number of nitrogens with zero attached hydrogens (tertiary/aromatic N) is 2. The van der Waals surface area contributed by atoms with E-state index in [4.69, 9.17) is 0 Å². The van der Waals surface area contributed by atoms with Crippen LogP contribution in [-0.4, -0.2) is 41.5 Å². The second-order valence-corrected chi connectivity index (χ2v) is 8.14. The second kappa shape index (κ2) is 9.88. The molecule has 1 saturated heterocycles. The number of benzene rings is 2. The molecule has 0 bridgehead atoms. The van der Waals surface area contributed by atoms with Gasteiger partial charge in [0.2, 0.25) is 0 Å². The number of aryl methyl sites for hydroxylation is 2. The third kappa shape index (κ3) is 6.04. The Morgan fingerprint density at radius 1 is 1.14 bits per heavy atom. The van der Waals surface area contributed by atoms with Crippen molar-refractivity contribution in [1.29, 1.82) is 0 Å². The molecule has 0 radical (unpaired) electrons. The van der Waals surface area contributed by atoms with Crippen molar-refractivity contribution >= 4 is 11.7 Å². The van der Waals surface area contributed by atoms with Gasteiger partial charge >= 0.3 is 6.03 Å². The van der Waals surface area contributed by atoms with Crippen LogP contribution in [0.3, 0.4) is 0 Å². The number of rotatable bonds is 6. The van der Waals surface area contributed by atoms with E-state index in [-0.39, 0.29) is 17.9 Å². The molecule has 2 aromatic rings. The van der Waals surface area contributed by atoms with Gasteiger partial charge in [-0.15, -0.1) is 0 Å². The van der Waals surface area contributed by atoms with Crippen molar-refractivity contribution in [3.63, 3.8) is 0 Å². The zero-order chi connectivity index (χ0) is 20.8. The molecule has 156 valence electrons. The molecule has 1 fully saturated rings. The summed E-state index contributed by atoms with van der Waals surface area (Å²) >= 11 is 0. The minimum Gasteiger partial charge on any atom is -0.317 e. The van der Waals surface area contributed by atoms with E-state index in [9.17, 15) is 9.18 Å². The van der Waals surface area contributed by atoms with Gasteiger partial charge in [-0.3, -0.25) is 0 Å². The lowest BCUT2D eigenvalue weighted by Crippen LogP contribution is -2.48. The molecule has 1 heterocycles. The summed E-state index contributed by atoms with van der Waals surface area (Å²) in [6.07, 6.45) is 3.02. The highest BCUT2D eigenvalue weighted by Gasteiger charge is 2.28. The maximum absolute atomic E-state index is 13.9. The Morgan fingerprint density at radius 2 is 1.90 bits per heavy atom. The first kappa shape index (κ1) is 21.3. The predicted molar refractivity (Wildman–Crippen MR) is 117 cm³/mol. The van der Waals surface area contributed by atoms with Crippen molar-refractivity contribution < 1.29 is 9.18 Å². The summed E-state index contributed by atoms with van der Waals surface area (Å²) in [5, 5.41) is 3.05. The van der Waals surface area contributed by atoms with Gasteiger partial charge in [-0.05, 0) is 80.6 Å². The van der Waals surface area contributed by atoms with E-state index in [1.165, 1.54) is 12.1 Å². The molecule has 2 aromatic carbocycles. The van der Waals surface area contributed by atoms with Gasteiger partial charge in [0, 0.05) is 31.4 Å². The van der Waals surface area contributed by atoms with E-state index in [0.29, 0.717) is 6.54 Å². The lowest BCUT2D eigenvalue weighted by Gasteiger charge is -2.38. The lowest BCUT2D eigenvalue weighted by atomic mass is 10.0. The first-order chi connectivity index (χ1) is 13.9. The number of amides is 2. The van der Waals surface area contributed by atoms with Crippen LogP contribution in [0, 0.1) is 19.7 Å². The van der Waals surface area contributed by atoms with E-state index in [2.05, 4.69) is 17.1 Å². The SMILES string of the molecule is CCCN1CCC(N(Cc2cc(C)cc(F)c2)C(=O)Nc2cccc(C)c2)CC1. The highest BCUT2D eigenvalue weighted by molar-refractivity contribution is 5.89. The van der Waals surface area contributed by atoms with Crippen molar-refractivity contribution in [3.8, 4) is 0 Å². The van der Waals surface area contributed by atoms with Crippen LogP contribution in [0.15, 0.2) is 42.5 Å². The summed E-state index contributed by atoms with van der Waals surface area (Å²) < 4.78 is 13.9. The zero-order valence-electron chi connectivity index (χ0n) is 17.7. The van der Waals surface area contributed by atoms with Crippen molar-refractivity contribution in [2.24, 2.45) is 0 Å². The molecule has 0 saturated carbocycles. The van der Waals surface area contributed by atoms with Gasteiger partial charge in [-0.25, -0.2) is 9.18 Å². The number of hydrogen-bond acceptors (Lipinski definition) is 2. The number of carbonyl (C=O) groups excluding carboxylic acids is 1. The fourth-order valence-corrected chi connectivity index (χ4v) is 4.16. The van der Waals surface area contributed by atoms with Crippen LogP contribution in [-0.2, 0) is 6.54 Å². The molecule has 0 atom stereocenters. The molecule has 1 aliphatic rings. The molecule has 1 N–H and O–H groups in total. The number of likely N-dealkylation sites (tertiary alicyclic amines) is 1. The maximum atomic E-state index is 13.9. The van der Waals surface area contributed by atoms with E-state index >= 15 is 0 Å². The molecule has 3 rings (SSSR count). The van der Waals surface area contributed by atoms with Gasteiger partial charge in [0.25, 0.3) is 0 Å². The maximum Gasteiger partial charge on any atom is 0.322 e. The topological polar surface area (TPSA) is 35.6 Å². The van der Waals surface area contributed by atoms with Crippen LogP contribution in [0.2, 0.25) is 0 Å². The average molecular weight is 398 g/mol. The average Bonchev–Trinajstić information content (AvgIpc) is 2.66. The van der Waals surface area contributed by atoms with Crippen molar-refractivity contribution in [1.82, 2.24) is 9.80 Å². The molecule has 0 aliphatic carbocycles. The highest BCUT2D eigenvalue weighted by Crippen LogP contribution is 2.22. The molecule has 29 heavy (non-hydrogen) atoms. The summed E-state index contributed by atoms with van der Waals surface area (Å²) in [7, 11) is 0. The third-order valence-corrected chi connectivity index (χ3v) is 5.52. The Morgan fingerprint density at radius 3 is 2.55 bits per heavy atom. The van der Waals surface area contributed by atoms with E-state index in [1.54, 1.807) is 0 Å². The largest absolute Gasteiger partial charge is 0.322 e. The number of nitrogens with one attached hydrogen (secondary N) is 1. The first-order valence-corrected chi connectivity index (χ1v) is 10.6. The number of piperidine rings is 1. The Hall–Kier alpha value is -2.40. The Kier molecular flexibility index (Phi) is 7.26. The minimum atomic E-state index is -0.253. The number of anilines is 1. The van der Waals surface area contributed by atoms with Crippen LogP contribution in [0.5, 0.6) is 0 Å². The molecule has 0 unspecified atom stereocenters. The second-order valence-electron chi connectivity index (χ2n) is 8.14. The predicted octanol–water partition coefficient (Wildman–Crippen LogP) is 5.35. The number of hydrogen-bond donors (Lipinski definition) is 1. The molecule has 0 spiro atoms. The van der Waals surface area contributed by atoms with Crippen molar-refractivity contribution in [2.75, 3.05) is 25.0 Å². The van der Waals surface area contributed by atoms with Crippen LogP contribution >= 0.6 is 0 Å². The van der Waals surface area contributed by atoms with Gasteiger partial charge in [-0.1, -0.05) is 25.1 Å². The smallest absolute Gasteiger partial charge is 0.317 e. The quantitative estimate of drug-likeness (QED) is 0.713. The summed E-state index contributed by atoms with van der Waals surface area (Å²) in [6, 6.07) is 12.9. The first-order valence-electron chi connectivity index (χ1n) is 10.6. The van der Waals surface area contributed by atoms with Crippen molar-refractivity contribution in [3.05, 3.63) is 65.0 Å². The molecule has 2 amide bonds. The minimum absolute atomic E-state index is 0.119. The third-order valence-electron chi connectivity index (χ3n) is 5.52. The molecular weight excluding hydrogens is 365 g/mol. The molecule has 5 heteroatoms. The summed E-state index contributed by atoms with van der Waals surface area (Å²) in [5.74, 6) is -0.253. The molecule has 4 nitrogen and oxygen atoms in total. The van der Waals surface area contributed by atoms with Gasteiger partial charge in [0.1, 0.15) is 5.82 Å². The van der Waals surface area contributed by atoms with Crippen LogP contribution in [0.25, 0.3) is 0 Å². The van der Waals surface area contributed by atoms with E-state index < -0.39 is 0 Å². The molecular formula is C24H32FN3O. The molecule has 1 aliphatic heterocycles. The van der Waals surface area contributed by atoms with Crippen LogP contribution < -0.4 is 5.32 Å². The van der Waals surface area contributed by atoms with Crippen LogP contribution in [0.1, 0.15) is 42.9 Å². The Balaban J connectivity index is 1.77. The summed E-state index contributed by atoms with van der Waals surface area (Å²) in [4.78, 5) is 17.6. The van der Waals surface area contributed by atoms with Gasteiger partial charge in [0.05, 0.1) is 0 Å². The lowest BCUT2D eigenvalue weighted by molar-refractivity contribution is 0.123. The Bertz CT molecular complexity index is 810. The fraction of sp³-hybridized carbons (Fsp3) is 0.458. The normalized spacial score (nSPS) is 15.3. The van der Waals surface area contributed by atoms with E-state index in [0.717, 1.165) is 61.3 Å². The van der Waals surface area contributed by atoms with Gasteiger partial charge in [-0.2, -0.15) is 0 Å². The highest BCUT2D eigenvalue weighted by atomic mass is 19.1. The monoisotopic (exact) mass is 397 g/mol. The standard InChI is InChI=1S/C24H32FN3O/c1-4-10-27-11-8-23(9-12-27)28(17-20-13-19(3)14-21(25)16-20)24(29)26-22-7-5-6-18(2)15-22/h5-7,13-16,23H,4,8-12,17H2,1-3H3,(H,26,29). The van der Waals surface area contributed by atoms with Crippen LogP contribution in [0.4, 0.5) is 14.9 Å². The van der Waals surface area contributed by atoms with Gasteiger partial charge < -0.3 is 15.1 Å². The molecule has 0 aromatic heterocycles. The fourth-order valence-electron chi connectivity index (χ4n) is 4.16. The number of urea groups is 1. The number of halogens is 1. The summed E-state index contributed by atoms with van der Waals surface area (Å²) in [6.45, 7) is 9.59.